The van der Waals surface area contributed by atoms with E-state index in [4.69, 9.17) is 18.9 Å². The lowest BCUT2D eigenvalue weighted by Crippen LogP contribution is -2.38. The summed E-state index contributed by atoms with van der Waals surface area (Å²) in [6.45, 7) is 3.80. The van der Waals surface area contributed by atoms with Crippen molar-refractivity contribution in [3.63, 3.8) is 0 Å². The molecule has 9 nitrogen and oxygen atoms in total. The lowest BCUT2D eigenvalue weighted by atomic mass is 10.1. The van der Waals surface area contributed by atoms with Gasteiger partial charge in [-0.1, -0.05) is 0 Å². The number of sulfonamides is 1. The molecule has 1 aliphatic rings. The van der Waals surface area contributed by atoms with Crippen LogP contribution in [-0.4, -0.2) is 91.4 Å². The average Bonchev–Trinajstić information content (AvgIpc) is 2.68. The van der Waals surface area contributed by atoms with Crippen molar-refractivity contribution in [2.45, 2.75) is 11.3 Å². The molecule has 0 unspecified atom stereocenters. The van der Waals surface area contributed by atoms with Crippen molar-refractivity contribution in [1.82, 2.24) is 9.21 Å². The molecule has 0 aromatic heterocycles. The molecule has 1 saturated heterocycles. The van der Waals surface area contributed by atoms with Crippen LogP contribution in [0.5, 0.6) is 11.5 Å². The molecule has 158 valence electrons. The van der Waals surface area contributed by atoms with Crippen LogP contribution in [0.4, 0.5) is 0 Å². The van der Waals surface area contributed by atoms with Gasteiger partial charge >= 0.3 is 5.97 Å². The predicted molar refractivity (Wildman–Crippen MR) is 102 cm³/mol. The Balaban J connectivity index is 2.14. The maximum atomic E-state index is 12.7. The van der Waals surface area contributed by atoms with E-state index in [0.29, 0.717) is 31.1 Å². The maximum Gasteiger partial charge on any atom is 0.310 e. The topological polar surface area (TPSA) is 94.6 Å². The van der Waals surface area contributed by atoms with Gasteiger partial charge in [-0.15, -0.1) is 0 Å². The summed E-state index contributed by atoms with van der Waals surface area (Å²) >= 11 is 0. The minimum atomic E-state index is -3.78. The molecule has 0 bridgehead atoms. The molecule has 10 heteroatoms. The first-order valence-corrected chi connectivity index (χ1v) is 10.4. The van der Waals surface area contributed by atoms with Crippen LogP contribution in [-0.2, 0) is 30.7 Å². The number of hydrogen-bond donors (Lipinski definition) is 0. The summed E-state index contributed by atoms with van der Waals surface area (Å²) in [5.74, 6) is 0.111. The van der Waals surface area contributed by atoms with Gasteiger partial charge in [-0.25, -0.2) is 12.7 Å². The van der Waals surface area contributed by atoms with Crippen LogP contribution >= 0.6 is 0 Å². The number of carbonyl (C=O) groups is 1. The van der Waals surface area contributed by atoms with E-state index in [1.807, 2.05) is 0 Å². The summed E-state index contributed by atoms with van der Waals surface area (Å²) in [6.07, 6.45) is -0.189. The zero-order valence-electron chi connectivity index (χ0n) is 16.8. The number of nitrogens with zero attached hydrogens (tertiary/aromatic N) is 2. The number of rotatable bonds is 9. The molecular weight excluding hydrogens is 388 g/mol. The summed E-state index contributed by atoms with van der Waals surface area (Å²) in [5, 5.41) is 0. The minimum Gasteiger partial charge on any atom is -0.493 e. The Hall–Kier alpha value is -1.88. The minimum absolute atomic E-state index is 0.0136. The van der Waals surface area contributed by atoms with Crippen molar-refractivity contribution >= 4 is 16.0 Å². The van der Waals surface area contributed by atoms with Gasteiger partial charge in [0.05, 0.1) is 38.7 Å². The van der Waals surface area contributed by atoms with Gasteiger partial charge in [0.1, 0.15) is 6.61 Å². The SMILES string of the molecule is COc1cc(CC(=O)OCCN2CCOCC2)c(S(=O)(=O)N(C)C)cc1OC. The van der Waals surface area contributed by atoms with Crippen LogP contribution in [0.2, 0.25) is 0 Å². The van der Waals surface area contributed by atoms with E-state index in [1.54, 1.807) is 0 Å². The van der Waals surface area contributed by atoms with Crippen molar-refractivity contribution in [1.29, 1.82) is 0 Å². The molecule has 0 radical (unpaired) electrons. The second-order valence-corrected chi connectivity index (χ2v) is 8.57. The molecule has 1 aliphatic heterocycles. The van der Waals surface area contributed by atoms with E-state index in [0.717, 1.165) is 17.4 Å². The Bertz CT molecular complexity index is 774. The molecule has 0 N–H and O–H groups in total. The van der Waals surface area contributed by atoms with Gasteiger partial charge in [0.25, 0.3) is 0 Å². The molecular formula is C18H28N2O7S. The van der Waals surface area contributed by atoms with Crippen LogP contribution in [0, 0.1) is 0 Å². The Morgan fingerprint density at radius 3 is 2.32 bits per heavy atom. The smallest absolute Gasteiger partial charge is 0.310 e. The van der Waals surface area contributed by atoms with E-state index < -0.39 is 16.0 Å². The van der Waals surface area contributed by atoms with Gasteiger partial charge in [-0.05, 0) is 11.6 Å². The quantitative estimate of drug-likeness (QED) is 0.533. The van der Waals surface area contributed by atoms with E-state index >= 15 is 0 Å². The van der Waals surface area contributed by atoms with Crippen LogP contribution in [0.1, 0.15) is 5.56 Å². The van der Waals surface area contributed by atoms with Crippen molar-refractivity contribution in [2.75, 3.05) is 67.8 Å². The zero-order chi connectivity index (χ0) is 20.7. The first kappa shape index (κ1) is 22.4. The second kappa shape index (κ2) is 10.1. The number of morpholine rings is 1. The molecule has 0 saturated carbocycles. The fraction of sp³-hybridized carbons (Fsp3) is 0.611. The molecule has 0 aliphatic carbocycles. The molecule has 1 aromatic rings. The lowest BCUT2D eigenvalue weighted by Gasteiger charge is -2.26. The largest absolute Gasteiger partial charge is 0.493 e. The Morgan fingerprint density at radius 1 is 1.14 bits per heavy atom. The Labute approximate surface area is 166 Å². The summed E-state index contributed by atoms with van der Waals surface area (Å²) in [4.78, 5) is 14.4. The number of esters is 1. The van der Waals surface area contributed by atoms with E-state index in [-0.39, 0.29) is 23.7 Å². The summed E-state index contributed by atoms with van der Waals surface area (Å²) in [7, 11) is 1.94. The van der Waals surface area contributed by atoms with E-state index in [2.05, 4.69) is 4.90 Å². The summed E-state index contributed by atoms with van der Waals surface area (Å²) < 4.78 is 47.5. The van der Waals surface area contributed by atoms with Crippen molar-refractivity contribution < 1.29 is 32.2 Å². The van der Waals surface area contributed by atoms with Gasteiger partial charge in [-0.2, -0.15) is 0 Å². The van der Waals surface area contributed by atoms with Gasteiger partial charge in [-0.3, -0.25) is 9.69 Å². The molecule has 0 atom stereocenters. The number of benzene rings is 1. The van der Waals surface area contributed by atoms with Crippen LogP contribution in [0.25, 0.3) is 0 Å². The molecule has 1 heterocycles. The molecule has 28 heavy (non-hydrogen) atoms. The third-order valence-electron chi connectivity index (χ3n) is 4.43. The molecule has 2 rings (SSSR count). The standard InChI is InChI=1S/C18H28N2O7S/c1-19(2)28(22,23)17-13-16(25-4)15(24-3)11-14(17)12-18(21)27-10-7-20-5-8-26-9-6-20/h11,13H,5-10,12H2,1-4H3. The van der Waals surface area contributed by atoms with Gasteiger partial charge < -0.3 is 18.9 Å². The zero-order valence-corrected chi connectivity index (χ0v) is 17.6. The van der Waals surface area contributed by atoms with Gasteiger partial charge in [0.2, 0.25) is 10.0 Å². The van der Waals surface area contributed by atoms with Crippen molar-refractivity contribution in [2.24, 2.45) is 0 Å². The summed E-state index contributed by atoms with van der Waals surface area (Å²) in [6, 6.07) is 2.86. The average molecular weight is 416 g/mol. The van der Waals surface area contributed by atoms with Crippen LogP contribution in [0.3, 0.4) is 0 Å². The van der Waals surface area contributed by atoms with Crippen LogP contribution in [0.15, 0.2) is 17.0 Å². The highest BCUT2D eigenvalue weighted by atomic mass is 32.2. The molecule has 1 aromatic carbocycles. The fourth-order valence-corrected chi connectivity index (χ4v) is 3.91. The number of carbonyl (C=O) groups excluding carboxylic acids is 1. The highest BCUT2D eigenvalue weighted by Crippen LogP contribution is 2.34. The highest BCUT2D eigenvalue weighted by Gasteiger charge is 2.26. The first-order chi connectivity index (χ1) is 13.3. The third-order valence-corrected chi connectivity index (χ3v) is 6.33. The summed E-state index contributed by atoms with van der Waals surface area (Å²) in [5.41, 5.74) is 0.294. The number of ether oxygens (including phenoxy) is 4. The maximum absolute atomic E-state index is 12.7. The highest BCUT2D eigenvalue weighted by molar-refractivity contribution is 7.89. The van der Waals surface area contributed by atoms with E-state index in [9.17, 15) is 13.2 Å². The van der Waals surface area contributed by atoms with Gasteiger partial charge in [0.15, 0.2) is 11.5 Å². The number of hydrogen-bond acceptors (Lipinski definition) is 8. The Morgan fingerprint density at radius 2 is 1.75 bits per heavy atom. The number of methoxy groups -OCH3 is 2. The Kier molecular flexibility index (Phi) is 8.05. The fourth-order valence-electron chi connectivity index (χ4n) is 2.80. The molecule has 1 fully saturated rings. The molecule has 0 spiro atoms. The van der Waals surface area contributed by atoms with Crippen LogP contribution < -0.4 is 9.47 Å². The van der Waals surface area contributed by atoms with E-state index in [1.165, 1.54) is 40.4 Å². The normalized spacial score (nSPS) is 15.5. The molecule has 0 amide bonds. The lowest BCUT2D eigenvalue weighted by molar-refractivity contribution is -0.143. The van der Waals surface area contributed by atoms with Gasteiger partial charge in [0, 0.05) is 39.8 Å². The second-order valence-electron chi connectivity index (χ2n) is 6.45. The van der Waals surface area contributed by atoms with Crippen molar-refractivity contribution in [3.8, 4) is 11.5 Å². The van der Waals surface area contributed by atoms with Crippen molar-refractivity contribution in [3.05, 3.63) is 17.7 Å². The third kappa shape index (κ3) is 5.57. The monoisotopic (exact) mass is 416 g/mol. The first-order valence-electron chi connectivity index (χ1n) is 8.92. The predicted octanol–water partition coefficient (Wildman–Crippen LogP) is 0.372.